The predicted octanol–water partition coefficient (Wildman–Crippen LogP) is 3.75. The first-order valence-corrected chi connectivity index (χ1v) is 8.68. The number of ketones is 1. The SMILES string of the molecule is C=CC(=O)CC1Cc2c(CN(C)CCC)c(Br)cc(OC)c2O1. The fraction of sp³-hybridized carbons (Fsp3) is 0.500. The summed E-state index contributed by atoms with van der Waals surface area (Å²) in [6.45, 7) is 7.58. The van der Waals surface area contributed by atoms with Crippen LogP contribution in [0.1, 0.15) is 30.9 Å². The second kappa shape index (κ2) is 7.97. The van der Waals surface area contributed by atoms with Gasteiger partial charge in [-0.2, -0.15) is 0 Å². The average molecular weight is 382 g/mol. The summed E-state index contributed by atoms with van der Waals surface area (Å²) in [4.78, 5) is 13.9. The molecule has 1 heterocycles. The Labute approximate surface area is 146 Å². The normalized spacial score (nSPS) is 16.1. The predicted molar refractivity (Wildman–Crippen MR) is 95.3 cm³/mol. The van der Waals surface area contributed by atoms with Crippen LogP contribution >= 0.6 is 15.9 Å². The molecule has 5 heteroatoms. The molecule has 4 nitrogen and oxygen atoms in total. The molecular weight excluding hydrogens is 358 g/mol. The van der Waals surface area contributed by atoms with Crippen LogP contribution in [0.15, 0.2) is 23.2 Å². The van der Waals surface area contributed by atoms with Crippen molar-refractivity contribution in [1.82, 2.24) is 4.90 Å². The van der Waals surface area contributed by atoms with Crippen LogP contribution in [-0.4, -0.2) is 37.5 Å². The van der Waals surface area contributed by atoms with Gasteiger partial charge in [0.1, 0.15) is 6.10 Å². The van der Waals surface area contributed by atoms with Crippen molar-refractivity contribution >= 4 is 21.7 Å². The third-order valence-corrected chi connectivity index (χ3v) is 4.74. The molecule has 0 fully saturated rings. The molecule has 0 saturated carbocycles. The van der Waals surface area contributed by atoms with E-state index in [9.17, 15) is 4.79 Å². The zero-order chi connectivity index (χ0) is 17.0. The molecule has 0 bridgehead atoms. The van der Waals surface area contributed by atoms with Crippen LogP contribution in [0.25, 0.3) is 0 Å². The molecule has 1 aromatic rings. The standard InChI is InChI=1S/C18H24BrNO3/c1-5-7-20(3)11-15-14-9-13(8-12(21)6-2)23-18(14)17(22-4)10-16(15)19/h6,10,13H,2,5,7-9,11H2,1,3-4H3. The third-order valence-electron chi connectivity index (χ3n) is 4.03. The first kappa shape index (κ1) is 18.0. The summed E-state index contributed by atoms with van der Waals surface area (Å²) in [5.41, 5.74) is 2.35. The van der Waals surface area contributed by atoms with E-state index in [0.717, 1.165) is 41.7 Å². The second-order valence-electron chi connectivity index (χ2n) is 5.90. The lowest BCUT2D eigenvalue weighted by atomic mass is 10.00. The van der Waals surface area contributed by atoms with Gasteiger partial charge >= 0.3 is 0 Å². The molecule has 1 aromatic carbocycles. The summed E-state index contributed by atoms with van der Waals surface area (Å²) in [5, 5.41) is 0. The highest BCUT2D eigenvalue weighted by Gasteiger charge is 2.31. The number of hydrogen-bond acceptors (Lipinski definition) is 4. The maximum atomic E-state index is 11.6. The number of benzene rings is 1. The molecule has 1 aliphatic heterocycles. The number of halogens is 1. The first-order valence-electron chi connectivity index (χ1n) is 7.88. The van der Waals surface area contributed by atoms with E-state index in [0.29, 0.717) is 12.2 Å². The first-order chi connectivity index (χ1) is 11.0. The summed E-state index contributed by atoms with van der Waals surface area (Å²) in [7, 11) is 3.75. The van der Waals surface area contributed by atoms with Gasteiger partial charge in [-0.05, 0) is 37.7 Å². The summed E-state index contributed by atoms with van der Waals surface area (Å²) in [6, 6.07) is 1.95. The molecule has 0 aliphatic carbocycles. The van der Waals surface area contributed by atoms with E-state index in [1.807, 2.05) is 6.07 Å². The van der Waals surface area contributed by atoms with Crippen molar-refractivity contribution < 1.29 is 14.3 Å². The number of allylic oxidation sites excluding steroid dienone is 1. The number of methoxy groups -OCH3 is 1. The lowest BCUT2D eigenvalue weighted by molar-refractivity contribution is -0.115. The van der Waals surface area contributed by atoms with Gasteiger partial charge in [0, 0.05) is 29.4 Å². The Hall–Kier alpha value is -1.33. The molecule has 126 valence electrons. The van der Waals surface area contributed by atoms with Crippen LogP contribution in [0.4, 0.5) is 0 Å². The minimum atomic E-state index is -0.145. The molecule has 1 aliphatic rings. The Kier molecular flexibility index (Phi) is 6.25. The van der Waals surface area contributed by atoms with Gasteiger partial charge in [0.05, 0.1) is 7.11 Å². The van der Waals surface area contributed by atoms with E-state index in [2.05, 4.69) is 41.4 Å². The Balaban J connectivity index is 2.31. The van der Waals surface area contributed by atoms with E-state index in [4.69, 9.17) is 9.47 Å². The van der Waals surface area contributed by atoms with Gasteiger partial charge in [-0.3, -0.25) is 4.79 Å². The maximum Gasteiger partial charge on any atom is 0.165 e. The quantitative estimate of drug-likeness (QED) is 0.642. The lowest BCUT2D eigenvalue weighted by Crippen LogP contribution is -2.20. The second-order valence-corrected chi connectivity index (χ2v) is 6.76. The van der Waals surface area contributed by atoms with E-state index in [-0.39, 0.29) is 11.9 Å². The van der Waals surface area contributed by atoms with Crippen molar-refractivity contribution in [3.05, 3.63) is 34.3 Å². The molecule has 2 rings (SSSR count). The molecule has 1 unspecified atom stereocenters. The highest BCUT2D eigenvalue weighted by atomic mass is 79.9. The number of ether oxygens (including phenoxy) is 2. The summed E-state index contributed by atoms with van der Waals surface area (Å²) in [6.07, 6.45) is 3.40. The summed E-state index contributed by atoms with van der Waals surface area (Å²) in [5.74, 6) is 1.49. The van der Waals surface area contributed by atoms with Gasteiger partial charge in [-0.25, -0.2) is 0 Å². The third kappa shape index (κ3) is 4.15. The molecule has 0 aromatic heterocycles. The van der Waals surface area contributed by atoms with Gasteiger partial charge in [-0.1, -0.05) is 29.4 Å². The zero-order valence-corrected chi connectivity index (χ0v) is 15.6. The molecule has 0 radical (unpaired) electrons. The van der Waals surface area contributed by atoms with E-state index >= 15 is 0 Å². The average Bonchev–Trinajstić information content (AvgIpc) is 2.93. The van der Waals surface area contributed by atoms with Crippen molar-refractivity contribution in [1.29, 1.82) is 0 Å². The van der Waals surface area contributed by atoms with Crippen LogP contribution in [0.3, 0.4) is 0 Å². The van der Waals surface area contributed by atoms with Crippen molar-refractivity contribution in [3.63, 3.8) is 0 Å². The fourth-order valence-corrected chi connectivity index (χ4v) is 3.53. The molecule has 0 N–H and O–H groups in total. The van der Waals surface area contributed by atoms with Gasteiger partial charge in [0.15, 0.2) is 17.3 Å². The van der Waals surface area contributed by atoms with E-state index < -0.39 is 0 Å². The van der Waals surface area contributed by atoms with Crippen molar-refractivity contribution in [2.24, 2.45) is 0 Å². The highest BCUT2D eigenvalue weighted by Crippen LogP contribution is 2.44. The van der Waals surface area contributed by atoms with Crippen molar-refractivity contribution in [2.45, 2.75) is 38.8 Å². The lowest BCUT2D eigenvalue weighted by Gasteiger charge is -2.19. The van der Waals surface area contributed by atoms with E-state index in [1.54, 1.807) is 7.11 Å². The topological polar surface area (TPSA) is 38.8 Å². The molecular formula is C18H24BrNO3. The van der Waals surface area contributed by atoms with Crippen LogP contribution < -0.4 is 9.47 Å². The van der Waals surface area contributed by atoms with Crippen molar-refractivity contribution in [3.8, 4) is 11.5 Å². The number of nitrogens with zero attached hydrogens (tertiary/aromatic N) is 1. The van der Waals surface area contributed by atoms with Crippen LogP contribution in [-0.2, 0) is 17.8 Å². The summed E-state index contributed by atoms with van der Waals surface area (Å²) < 4.78 is 12.5. The highest BCUT2D eigenvalue weighted by molar-refractivity contribution is 9.10. The smallest absolute Gasteiger partial charge is 0.165 e. The van der Waals surface area contributed by atoms with Crippen LogP contribution in [0.2, 0.25) is 0 Å². The van der Waals surface area contributed by atoms with Crippen molar-refractivity contribution in [2.75, 3.05) is 20.7 Å². The van der Waals surface area contributed by atoms with Gasteiger partial charge in [0.25, 0.3) is 0 Å². The van der Waals surface area contributed by atoms with Gasteiger partial charge < -0.3 is 14.4 Å². The van der Waals surface area contributed by atoms with Crippen LogP contribution in [0, 0.1) is 0 Å². The number of carbonyl (C=O) groups excluding carboxylic acids is 1. The van der Waals surface area contributed by atoms with E-state index in [1.165, 1.54) is 11.6 Å². The molecule has 0 saturated heterocycles. The Morgan fingerprint density at radius 3 is 2.96 bits per heavy atom. The maximum absolute atomic E-state index is 11.6. The zero-order valence-electron chi connectivity index (χ0n) is 14.0. The minimum Gasteiger partial charge on any atom is -0.493 e. The Morgan fingerprint density at radius 2 is 2.35 bits per heavy atom. The number of fused-ring (bicyclic) bond motifs is 1. The fourth-order valence-electron chi connectivity index (χ4n) is 2.95. The monoisotopic (exact) mass is 381 g/mol. The largest absolute Gasteiger partial charge is 0.493 e. The summed E-state index contributed by atoms with van der Waals surface area (Å²) >= 11 is 3.66. The van der Waals surface area contributed by atoms with Gasteiger partial charge in [-0.15, -0.1) is 0 Å². The Morgan fingerprint density at radius 1 is 1.61 bits per heavy atom. The van der Waals surface area contributed by atoms with Crippen LogP contribution in [0.5, 0.6) is 11.5 Å². The molecule has 0 amide bonds. The number of carbonyl (C=O) groups is 1. The molecule has 0 spiro atoms. The minimum absolute atomic E-state index is 0.00508. The Bertz CT molecular complexity index is 600. The number of hydrogen-bond donors (Lipinski definition) is 0. The number of rotatable bonds is 8. The molecule has 1 atom stereocenters. The molecule has 23 heavy (non-hydrogen) atoms. The van der Waals surface area contributed by atoms with Gasteiger partial charge in [0.2, 0.25) is 0 Å².